The number of amides is 1. The monoisotopic (exact) mass is 451 g/mol. The van der Waals surface area contributed by atoms with E-state index in [1.807, 2.05) is 30.3 Å². The van der Waals surface area contributed by atoms with Crippen LogP contribution in [0.2, 0.25) is 0 Å². The number of aliphatic hydroxyl groups excluding tert-OH is 1. The number of fused-ring (bicyclic) bond motifs is 5. The summed E-state index contributed by atoms with van der Waals surface area (Å²) in [5.41, 5.74) is 1.82. The van der Waals surface area contributed by atoms with E-state index in [1.54, 1.807) is 0 Å². The van der Waals surface area contributed by atoms with E-state index in [1.165, 1.54) is 44.9 Å². The first-order valence-corrected chi connectivity index (χ1v) is 13.8. The zero-order valence-electron chi connectivity index (χ0n) is 21.1. The maximum atomic E-state index is 12.5. The molecule has 0 unspecified atom stereocenters. The van der Waals surface area contributed by atoms with Gasteiger partial charge in [-0.15, -0.1) is 0 Å². The summed E-state index contributed by atoms with van der Waals surface area (Å²) < 4.78 is 0. The predicted octanol–water partition coefficient (Wildman–Crippen LogP) is 7.06. The molecule has 9 atom stereocenters. The molecular formula is C30H45NO2. The van der Waals surface area contributed by atoms with Crippen molar-refractivity contribution in [3.05, 3.63) is 30.3 Å². The van der Waals surface area contributed by atoms with Crippen LogP contribution in [0.25, 0.3) is 0 Å². The highest BCUT2D eigenvalue weighted by atomic mass is 16.3. The molecule has 0 heterocycles. The van der Waals surface area contributed by atoms with Gasteiger partial charge in [0.25, 0.3) is 0 Å². The maximum Gasteiger partial charge on any atom is 0.224 e. The number of benzene rings is 1. The lowest BCUT2D eigenvalue weighted by Crippen LogP contribution is -2.54. The third-order valence-corrected chi connectivity index (χ3v) is 11.3. The van der Waals surface area contributed by atoms with E-state index in [0.717, 1.165) is 54.5 Å². The van der Waals surface area contributed by atoms with Crippen molar-refractivity contribution in [1.82, 2.24) is 0 Å². The molecule has 182 valence electrons. The third kappa shape index (κ3) is 4.17. The fourth-order valence-electron chi connectivity index (χ4n) is 9.52. The van der Waals surface area contributed by atoms with Crippen LogP contribution in [-0.2, 0) is 4.79 Å². The van der Waals surface area contributed by atoms with E-state index in [0.29, 0.717) is 23.2 Å². The summed E-state index contributed by atoms with van der Waals surface area (Å²) in [6, 6.07) is 9.85. The Balaban J connectivity index is 1.22. The number of hydrogen-bond acceptors (Lipinski definition) is 2. The summed E-state index contributed by atoms with van der Waals surface area (Å²) in [4.78, 5) is 12.5. The summed E-state index contributed by atoms with van der Waals surface area (Å²) in [6.07, 6.45) is 13.1. The quantitative estimate of drug-likeness (QED) is 0.503. The van der Waals surface area contributed by atoms with Crippen molar-refractivity contribution < 1.29 is 9.90 Å². The third-order valence-electron chi connectivity index (χ3n) is 11.3. The fourth-order valence-corrected chi connectivity index (χ4v) is 9.52. The lowest BCUT2D eigenvalue weighted by molar-refractivity contribution is -0.129. The highest BCUT2D eigenvalue weighted by Crippen LogP contribution is 2.68. The molecule has 5 rings (SSSR count). The topological polar surface area (TPSA) is 49.3 Å². The second-order valence-corrected chi connectivity index (χ2v) is 12.7. The van der Waals surface area contributed by atoms with Gasteiger partial charge in [0.1, 0.15) is 0 Å². The van der Waals surface area contributed by atoms with Gasteiger partial charge in [-0.1, -0.05) is 39.0 Å². The molecule has 1 amide bonds. The van der Waals surface area contributed by atoms with E-state index in [2.05, 4.69) is 26.1 Å². The van der Waals surface area contributed by atoms with Gasteiger partial charge >= 0.3 is 0 Å². The van der Waals surface area contributed by atoms with E-state index in [-0.39, 0.29) is 12.0 Å². The summed E-state index contributed by atoms with van der Waals surface area (Å²) in [5, 5.41) is 13.4. The van der Waals surface area contributed by atoms with E-state index >= 15 is 0 Å². The summed E-state index contributed by atoms with van der Waals surface area (Å²) >= 11 is 0. The van der Waals surface area contributed by atoms with E-state index in [9.17, 15) is 9.90 Å². The van der Waals surface area contributed by atoms with Crippen molar-refractivity contribution >= 4 is 11.6 Å². The molecular weight excluding hydrogens is 406 g/mol. The van der Waals surface area contributed by atoms with Crippen LogP contribution in [0.5, 0.6) is 0 Å². The zero-order chi connectivity index (χ0) is 23.2. The first-order valence-electron chi connectivity index (χ1n) is 13.8. The number of aliphatic hydroxyl groups is 1. The fraction of sp³-hybridized carbons (Fsp3) is 0.767. The zero-order valence-corrected chi connectivity index (χ0v) is 21.1. The molecule has 0 radical (unpaired) electrons. The number of carbonyl (C=O) groups is 1. The number of para-hydroxylation sites is 1. The average Bonchev–Trinajstić information content (AvgIpc) is 3.16. The number of rotatable bonds is 5. The number of anilines is 1. The van der Waals surface area contributed by atoms with Crippen molar-refractivity contribution in [2.75, 3.05) is 5.32 Å². The molecule has 3 nitrogen and oxygen atoms in total. The lowest BCUT2D eigenvalue weighted by Gasteiger charge is -2.61. The molecule has 0 aromatic heterocycles. The van der Waals surface area contributed by atoms with Crippen LogP contribution in [0.4, 0.5) is 5.69 Å². The highest BCUT2D eigenvalue weighted by Gasteiger charge is 2.60. The summed E-state index contributed by atoms with van der Waals surface area (Å²) in [5.74, 6) is 4.88. The largest absolute Gasteiger partial charge is 0.393 e. The van der Waals surface area contributed by atoms with Gasteiger partial charge in [-0.05, 0) is 123 Å². The molecule has 33 heavy (non-hydrogen) atoms. The second-order valence-electron chi connectivity index (χ2n) is 12.7. The Kier molecular flexibility index (Phi) is 6.40. The van der Waals surface area contributed by atoms with Crippen LogP contribution < -0.4 is 5.32 Å². The van der Waals surface area contributed by atoms with Gasteiger partial charge < -0.3 is 10.4 Å². The lowest BCUT2D eigenvalue weighted by atomic mass is 9.44. The molecule has 0 bridgehead atoms. The number of hydrogen-bond donors (Lipinski definition) is 2. The Morgan fingerprint density at radius 2 is 1.73 bits per heavy atom. The molecule has 1 aromatic rings. The average molecular weight is 452 g/mol. The Bertz CT molecular complexity index is 839. The standard InChI is InChI=1S/C30H45NO2/c1-20(9-14-28(33)31-22-7-5-4-6-8-22)25-12-13-26-24-11-10-21-19-23(32)15-17-29(21,2)27(24)16-18-30(25,26)3/h4-8,20-21,23-27,32H,9-19H2,1-3H3,(H,31,33)/t20-,21-,23-,24+,25-,26+,27+,29+,30-/m1/s1. The molecule has 4 aliphatic carbocycles. The summed E-state index contributed by atoms with van der Waals surface area (Å²) in [6.45, 7) is 7.62. The molecule has 0 saturated heterocycles. The van der Waals surface area contributed by atoms with Gasteiger partial charge in [-0.2, -0.15) is 0 Å². The molecule has 0 spiro atoms. The smallest absolute Gasteiger partial charge is 0.224 e. The van der Waals surface area contributed by atoms with E-state index < -0.39 is 0 Å². The van der Waals surface area contributed by atoms with Gasteiger partial charge in [0.2, 0.25) is 5.91 Å². The van der Waals surface area contributed by atoms with E-state index in [4.69, 9.17) is 0 Å². The number of nitrogens with one attached hydrogen (secondary N) is 1. The van der Waals surface area contributed by atoms with Crippen LogP contribution in [0.15, 0.2) is 30.3 Å². The minimum atomic E-state index is -0.0516. The first-order chi connectivity index (χ1) is 15.8. The normalized spacial score (nSPS) is 43.2. The Morgan fingerprint density at radius 1 is 1.00 bits per heavy atom. The van der Waals surface area contributed by atoms with Crippen LogP contribution in [-0.4, -0.2) is 17.1 Å². The molecule has 3 heteroatoms. The molecule has 2 N–H and O–H groups in total. The minimum Gasteiger partial charge on any atom is -0.393 e. The minimum absolute atomic E-state index is 0.0516. The highest BCUT2D eigenvalue weighted by molar-refractivity contribution is 5.90. The molecule has 1 aromatic carbocycles. The molecule has 4 saturated carbocycles. The van der Waals surface area contributed by atoms with Gasteiger partial charge in [-0.25, -0.2) is 0 Å². The Labute approximate surface area is 201 Å². The van der Waals surface area contributed by atoms with Gasteiger partial charge in [0, 0.05) is 12.1 Å². The molecule has 4 aliphatic rings. The Hall–Kier alpha value is -1.35. The van der Waals surface area contributed by atoms with Crippen molar-refractivity contribution in [3.63, 3.8) is 0 Å². The van der Waals surface area contributed by atoms with Gasteiger partial charge in [0.05, 0.1) is 6.10 Å². The van der Waals surface area contributed by atoms with Crippen LogP contribution in [0.3, 0.4) is 0 Å². The number of carbonyl (C=O) groups excluding carboxylic acids is 1. The van der Waals surface area contributed by atoms with Crippen molar-refractivity contribution in [2.45, 2.75) is 97.5 Å². The predicted molar refractivity (Wildman–Crippen MR) is 135 cm³/mol. The molecule has 0 aliphatic heterocycles. The van der Waals surface area contributed by atoms with Crippen molar-refractivity contribution in [1.29, 1.82) is 0 Å². The maximum absolute atomic E-state index is 12.5. The van der Waals surface area contributed by atoms with Gasteiger partial charge in [0.15, 0.2) is 0 Å². The van der Waals surface area contributed by atoms with Crippen LogP contribution in [0, 0.1) is 46.3 Å². The Morgan fingerprint density at radius 3 is 2.52 bits per heavy atom. The SMILES string of the molecule is C[C@H](CCC(=O)Nc1ccccc1)[C@H]1CC[C@H]2[C@@H]3CC[C@@H]4C[C@H](O)CC[C@]4(C)[C@H]3CC[C@]12C. The second kappa shape index (κ2) is 9.02. The van der Waals surface area contributed by atoms with Crippen molar-refractivity contribution in [2.24, 2.45) is 46.3 Å². The summed E-state index contributed by atoms with van der Waals surface area (Å²) in [7, 11) is 0. The van der Waals surface area contributed by atoms with Gasteiger partial charge in [-0.3, -0.25) is 4.79 Å². The molecule has 4 fully saturated rings. The van der Waals surface area contributed by atoms with Crippen LogP contribution in [0.1, 0.15) is 91.4 Å². The first kappa shape index (κ1) is 23.4. The van der Waals surface area contributed by atoms with Crippen molar-refractivity contribution in [3.8, 4) is 0 Å². The van der Waals surface area contributed by atoms with Crippen LogP contribution >= 0.6 is 0 Å².